The molecule has 3 aliphatic rings. The average Bonchev–Trinajstić information content (AvgIpc) is 3.87. The topological polar surface area (TPSA) is 53.6 Å². The van der Waals surface area contributed by atoms with E-state index in [2.05, 4.69) is 10.6 Å². The fourth-order valence-electron chi connectivity index (χ4n) is 6.15. The highest BCUT2D eigenvalue weighted by Gasteiger charge is 2.41. The second-order valence-corrected chi connectivity index (χ2v) is 11.9. The predicted molar refractivity (Wildman–Crippen MR) is 157 cm³/mol. The monoisotopic (exact) mass is 629 g/mol. The normalized spacial score (nSPS) is 19.9. The minimum atomic E-state index is -4.47. The summed E-state index contributed by atoms with van der Waals surface area (Å²) in [5.74, 6) is -4.39. The molecule has 238 valence electrons. The standard InChI is InChI=1S/C34H33F6N3O2/c35-27-12-13-28(36)32(31(27)37)45-14-2-4-20-6-8-22(9-7-20)26-16-24-17-41-18-29(42-24)30(26)33(44)43(25-10-11-25)19-21-3-1-5-23(15-21)34(38,39)40/h1,3,5-9,12-13,15,24-25,29,41-42H,2,4,10-11,14,16-19H2. The predicted octanol–water partition coefficient (Wildman–Crippen LogP) is 6.41. The number of piperazine rings is 1. The number of halogens is 6. The Bertz CT molecular complexity index is 1590. The zero-order chi connectivity index (χ0) is 31.7. The minimum absolute atomic E-state index is 0.00619. The number of amides is 1. The van der Waals surface area contributed by atoms with Gasteiger partial charge < -0.3 is 20.3 Å². The van der Waals surface area contributed by atoms with E-state index in [1.165, 1.54) is 6.07 Å². The molecule has 0 radical (unpaired) electrons. The van der Waals surface area contributed by atoms with Gasteiger partial charge in [-0.1, -0.05) is 36.4 Å². The molecular weight excluding hydrogens is 596 g/mol. The van der Waals surface area contributed by atoms with Crippen molar-refractivity contribution < 1.29 is 35.9 Å². The van der Waals surface area contributed by atoms with E-state index in [0.717, 1.165) is 54.3 Å². The van der Waals surface area contributed by atoms with Gasteiger partial charge in [0.05, 0.1) is 18.2 Å². The Balaban J connectivity index is 1.20. The molecule has 2 atom stereocenters. The summed E-state index contributed by atoms with van der Waals surface area (Å²) in [6.45, 7) is 1.41. The molecule has 0 aromatic heterocycles. The van der Waals surface area contributed by atoms with Crippen LogP contribution in [0.3, 0.4) is 0 Å². The molecule has 1 aliphatic carbocycles. The van der Waals surface area contributed by atoms with E-state index in [1.54, 1.807) is 11.0 Å². The highest BCUT2D eigenvalue weighted by molar-refractivity contribution is 6.03. The zero-order valence-electron chi connectivity index (χ0n) is 24.4. The maximum atomic E-state index is 14.3. The van der Waals surface area contributed by atoms with Crippen molar-refractivity contribution in [2.75, 3.05) is 19.7 Å². The number of carbonyl (C=O) groups excluding carboxylic acids is 1. The number of hydrogen-bond acceptors (Lipinski definition) is 4. The first-order chi connectivity index (χ1) is 21.6. The number of fused-ring (bicyclic) bond motifs is 2. The summed E-state index contributed by atoms with van der Waals surface area (Å²) in [4.78, 5) is 16.0. The van der Waals surface area contributed by atoms with Gasteiger partial charge in [-0.05, 0) is 78.6 Å². The summed E-state index contributed by atoms with van der Waals surface area (Å²) in [6, 6.07) is 14.3. The Morgan fingerprint density at radius 1 is 0.933 bits per heavy atom. The lowest BCUT2D eigenvalue weighted by molar-refractivity contribution is -0.137. The average molecular weight is 630 g/mol. The maximum Gasteiger partial charge on any atom is 0.416 e. The first kappa shape index (κ1) is 31.2. The molecule has 2 N–H and O–H groups in total. The molecule has 5 nitrogen and oxygen atoms in total. The van der Waals surface area contributed by atoms with E-state index in [-0.39, 0.29) is 37.2 Å². The van der Waals surface area contributed by atoms with Crippen molar-refractivity contribution >= 4 is 11.5 Å². The van der Waals surface area contributed by atoms with Gasteiger partial charge in [-0.25, -0.2) is 8.78 Å². The molecular formula is C34H33F6N3O2. The Hall–Kier alpha value is -3.83. The van der Waals surface area contributed by atoms with Gasteiger partial charge in [-0.3, -0.25) is 4.79 Å². The van der Waals surface area contributed by atoms with Gasteiger partial charge >= 0.3 is 6.18 Å². The number of nitrogens with zero attached hydrogens (tertiary/aromatic N) is 1. The molecule has 3 aromatic rings. The summed E-state index contributed by atoms with van der Waals surface area (Å²) in [7, 11) is 0. The number of carbonyl (C=O) groups is 1. The SMILES string of the molecule is O=C(C1=C(c2ccc(CCCOc3c(F)ccc(F)c3F)cc2)CC2CNCC1N2)N(Cc1cccc(C(F)(F)F)c1)C1CC1. The largest absolute Gasteiger partial charge is 0.488 e. The summed E-state index contributed by atoms with van der Waals surface area (Å²) in [6.07, 6.45) is -1.25. The number of aryl methyl sites for hydroxylation is 1. The molecule has 2 heterocycles. The van der Waals surface area contributed by atoms with Gasteiger partial charge in [-0.15, -0.1) is 0 Å². The van der Waals surface area contributed by atoms with Crippen molar-refractivity contribution in [1.29, 1.82) is 0 Å². The van der Waals surface area contributed by atoms with Gasteiger partial charge in [0.1, 0.15) is 0 Å². The van der Waals surface area contributed by atoms with Crippen LogP contribution in [0.2, 0.25) is 0 Å². The Morgan fingerprint density at radius 3 is 2.42 bits per heavy atom. The maximum absolute atomic E-state index is 14.3. The van der Waals surface area contributed by atoms with Crippen molar-refractivity contribution in [1.82, 2.24) is 15.5 Å². The highest BCUT2D eigenvalue weighted by Crippen LogP contribution is 2.37. The van der Waals surface area contributed by atoms with Crippen molar-refractivity contribution in [3.8, 4) is 5.75 Å². The lowest BCUT2D eigenvalue weighted by atomic mass is 9.83. The highest BCUT2D eigenvalue weighted by atomic mass is 19.4. The molecule has 6 rings (SSSR count). The number of benzene rings is 3. The van der Waals surface area contributed by atoms with E-state index in [1.807, 2.05) is 24.3 Å². The van der Waals surface area contributed by atoms with Crippen molar-refractivity contribution in [3.05, 3.63) is 106 Å². The van der Waals surface area contributed by atoms with E-state index in [0.29, 0.717) is 43.0 Å². The zero-order valence-corrected chi connectivity index (χ0v) is 24.4. The van der Waals surface area contributed by atoms with Crippen LogP contribution in [0.15, 0.2) is 66.2 Å². The molecule has 1 saturated heterocycles. The van der Waals surface area contributed by atoms with Crippen LogP contribution in [-0.4, -0.2) is 48.6 Å². The summed E-state index contributed by atoms with van der Waals surface area (Å²) in [5, 5.41) is 6.94. The molecule has 1 saturated carbocycles. The third-order valence-corrected chi connectivity index (χ3v) is 8.55. The van der Waals surface area contributed by atoms with Crippen molar-refractivity contribution in [2.24, 2.45) is 0 Å². The quantitative estimate of drug-likeness (QED) is 0.155. The van der Waals surface area contributed by atoms with Crippen LogP contribution in [-0.2, 0) is 23.9 Å². The fourth-order valence-corrected chi connectivity index (χ4v) is 6.15. The van der Waals surface area contributed by atoms with Gasteiger partial charge in [0.25, 0.3) is 5.91 Å². The first-order valence-corrected chi connectivity index (χ1v) is 15.1. The van der Waals surface area contributed by atoms with Crippen LogP contribution in [0.25, 0.3) is 5.57 Å². The van der Waals surface area contributed by atoms with Gasteiger partial charge in [0, 0.05) is 37.3 Å². The molecule has 2 bridgehead atoms. The Morgan fingerprint density at radius 2 is 1.69 bits per heavy atom. The number of hydrogen-bond donors (Lipinski definition) is 2. The van der Waals surface area contributed by atoms with Crippen molar-refractivity contribution in [3.63, 3.8) is 0 Å². The molecule has 11 heteroatoms. The number of rotatable bonds is 10. The minimum Gasteiger partial charge on any atom is -0.488 e. The summed E-state index contributed by atoms with van der Waals surface area (Å²) in [5.41, 5.74) is 3.12. The van der Waals surface area contributed by atoms with Crippen LogP contribution in [0.4, 0.5) is 26.3 Å². The van der Waals surface area contributed by atoms with Crippen LogP contribution in [0.1, 0.15) is 47.9 Å². The molecule has 1 amide bonds. The molecule has 3 aromatic carbocycles. The van der Waals surface area contributed by atoms with Crippen LogP contribution < -0.4 is 15.4 Å². The smallest absolute Gasteiger partial charge is 0.416 e. The number of ether oxygens (including phenoxy) is 1. The summed E-state index contributed by atoms with van der Waals surface area (Å²) >= 11 is 0. The third-order valence-electron chi connectivity index (χ3n) is 8.55. The lowest BCUT2D eigenvalue weighted by Crippen LogP contribution is -2.59. The van der Waals surface area contributed by atoms with Crippen molar-refractivity contribution in [2.45, 2.75) is 63.0 Å². The summed E-state index contributed by atoms with van der Waals surface area (Å²) < 4.78 is 86.4. The second kappa shape index (κ2) is 12.9. The Labute approximate surface area is 257 Å². The molecule has 2 fully saturated rings. The lowest BCUT2D eigenvalue weighted by Gasteiger charge is -2.41. The second-order valence-electron chi connectivity index (χ2n) is 11.9. The fraction of sp³-hybridized carbons (Fsp3) is 0.382. The van der Waals surface area contributed by atoms with Crippen LogP contribution in [0.5, 0.6) is 5.75 Å². The first-order valence-electron chi connectivity index (χ1n) is 15.1. The number of nitrogens with one attached hydrogen (secondary N) is 2. The van der Waals surface area contributed by atoms with Gasteiger partial charge in [0.2, 0.25) is 5.82 Å². The molecule has 2 aliphatic heterocycles. The van der Waals surface area contributed by atoms with Gasteiger partial charge in [0.15, 0.2) is 17.4 Å². The molecule has 45 heavy (non-hydrogen) atoms. The van der Waals surface area contributed by atoms with Crippen LogP contribution in [0, 0.1) is 17.5 Å². The molecule has 2 unspecified atom stereocenters. The van der Waals surface area contributed by atoms with E-state index >= 15 is 0 Å². The van der Waals surface area contributed by atoms with Gasteiger partial charge in [-0.2, -0.15) is 17.6 Å². The van der Waals surface area contributed by atoms with E-state index < -0.39 is 34.9 Å². The van der Waals surface area contributed by atoms with Crippen LogP contribution >= 0.6 is 0 Å². The third kappa shape index (κ3) is 7.04. The van der Waals surface area contributed by atoms with E-state index in [4.69, 9.17) is 4.74 Å². The Kier molecular flexibility index (Phi) is 8.92. The number of alkyl halides is 3. The molecule has 0 spiro atoms. The van der Waals surface area contributed by atoms with E-state index in [9.17, 15) is 31.1 Å².